The van der Waals surface area contributed by atoms with E-state index < -0.39 is 0 Å². The van der Waals surface area contributed by atoms with E-state index in [4.69, 9.17) is 10.7 Å². The topological polar surface area (TPSA) is 44.9 Å². The predicted octanol–water partition coefficient (Wildman–Crippen LogP) is 4.79. The maximum Gasteiger partial charge on any atom is 0.198 e. The van der Waals surface area contributed by atoms with E-state index in [1.165, 1.54) is 16.8 Å². The van der Waals surface area contributed by atoms with Gasteiger partial charge in [-0.3, -0.25) is 0 Å². The monoisotopic (exact) mass is 398 g/mol. The number of fused-ring (bicyclic) bond motifs is 1. The van der Waals surface area contributed by atoms with Crippen LogP contribution in [0.1, 0.15) is 36.8 Å². The van der Waals surface area contributed by atoms with Crippen LogP contribution in [0, 0.1) is 5.92 Å². The predicted molar refractivity (Wildman–Crippen MR) is 123 cm³/mol. The molecular weight excluding hydrogens is 368 g/mol. The van der Waals surface area contributed by atoms with Gasteiger partial charge in [-0.1, -0.05) is 61.5 Å². The Bertz CT molecular complexity index is 991. The second kappa shape index (κ2) is 8.02. The molecule has 1 aliphatic carbocycles. The van der Waals surface area contributed by atoms with Gasteiger partial charge in [0, 0.05) is 24.7 Å². The lowest BCUT2D eigenvalue weighted by atomic mass is 9.89. The molecule has 0 bridgehead atoms. The van der Waals surface area contributed by atoms with Crippen molar-refractivity contribution in [3.8, 4) is 0 Å². The maximum absolute atomic E-state index is 6.51. The first-order valence-corrected chi connectivity index (χ1v) is 11.1. The number of nitrogens with two attached hydrogens (primary N) is 1. The van der Waals surface area contributed by atoms with Crippen LogP contribution in [0.25, 0.3) is 0 Å². The highest BCUT2D eigenvalue weighted by Gasteiger charge is 2.38. The lowest BCUT2D eigenvalue weighted by Gasteiger charge is -2.42. The minimum absolute atomic E-state index is 0.268. The molecule has 1 fully saturated rings. The normalized spacial score (nSPS) is 26.1. The average Bonchev–Trinajstić information content (AvgIpc) is 3.40. The summed E-state index contributed by atoms with van der Waals surface area (Å²) in [5, 5.41) is 0. The van der Waals surface area contributed by atoms with Gasteiger partial charge in [0.25, 0.3) is 0 Å². The van der Waals surface area contributed by atoms with Gasteiger partial charge < -0.3 is 15.5 Å². The molecular formula is C26H30N4. The molecule has 3 atom stereocenters. The van der Waals surface area contributed by atoms with Gasteiger partial charge in [-0.05, 0) is 54.5 Å². The molecule has 2 aromatic carbocycles. The Kier molecular flexibility index (Phi) is 5.07. The summed E-state index contributed by atoms with van der Waals surface area (Å²) in [7, 11) is 0. The molecule has 2 N–H and O–H groups in total. The van der Waals surface area contributed by atoms with Crippen LogP contribution in [0.4, 0.5) is 5.69 Å². The molecule has 1 saturated heterocycles. The highest BCUT2D eigenvalue weighted by atomic mass is 15.4. The van der Waals surface area contributed by atoms with E-state index in [1.807, 2.05) is 30.3 Å². The van der Waals surface area contributed by atoms with Crippen molar-refractivity contribution < 1.29 is 0 Å². The minimum Gasteiger partial charge on any atom is -0.369 e. The Morgan fingerprint density at radius 3 is 2.70 bits per heavy atom. The number of benzene rings is 2. The number of allylic oxidation sites excluding steroid dienone is 3. The van der Waals surface area contributed by atoms with Crippen molar-refractivity contribution in [2.45, 2.75) is 38.3 Å². The number of rotatable bonds is 3. The molecule has 30 heavy (non-hydrogen) atoms. The van der Waals surface area contributed by atoms with Crippen LogP contribution in [0.2, 0.25) is 0 Å². The first-order valence-electron chi connectivity index (χ1n) is 11.1. The summed E-state index contributed by atoms with van der Waals surface area (Å²) >= 11 is 0. The van der Waals surface area contributed by atoms with Crippen molar-refractivity contribution in [3.63, 3.8) is 0 Å². The second-order valence-electron chi connectivity index (χ2n) is 8.59. The average molecular weight is 399 g/mol. The molecule has 4 nitrogen and oxygen atoms in total. The van der Waals surface area contributed by atoms with Crippen LogP contribution >= 0.6 is 0 Å². The summed E-state index contributed by atoms with van der Waals surface area (Å²) in [5.41, 5.74) is 11.9. The third-order valence-corrected chi connectivity index (χ3v) is 6.88. The zero-order chi connectivity index (χ0) is 20.5. The van der Waals surface area contributed by atoms with Crippen LogP contribution in [0.3, 0.4) is 0 Å². The SMILES string of the molecule is CC1c2ccccc2CC1C1=CC=CCN1C1CCCN1C(N)=Nc1ccccc1. The van der Waals surface area contributed by atoms with Crippen LogP contribution in [-0.2, 0) is 6.42 Å². The number of aliphatic imine (C=N–C) groups is 1. The fourth-order valence-corrected chi connectivity index (χ4v) is 5.37. The van der Waals surface area contributed by atoms with E-state index in [1.54, 1.807) is 0 Å². The number of guanidine groups is 1. The molecule has 0 saturated carbocycles. The largest absolute Gasteiger partial charge is 0.369 e. The minimum atomic E-state index is 0.268. The van der Waals surface area contributed by atoms with Gasteiger partial charge >= 0.3 is 0 Å². The van der Waals surface area contributed by atoms with Crippen molar-refractivity contribution in [2.24, 2.45) is 16.6 Å². The van der Waals surface area contributed by atoms with E-state index in [0.29, 0.717) is 17.8 Å². The molecule has 154 valence electrons. The van der Waals surface area contributed by atoms with E-state index in [0.717, 1.165) is 38.0 Å². The van der Waals surface area contributed by atoms with E-state index in [9.17, 15) is 0 Å². The van der Waals surface area contributed by atoms with Gasteiger partial charge in [-0.15, -0.1) is 0 Å². The molecule has 4 heteroatoms. The highest BCUT2D eigenvalue weighted by Crippen LogP contribution is 2.44. The fourth-order valence-electron chi connectivity index (χ4n) is 5.37. The van der Waals surface area contributed by atoms with Crippen molar-refractivity contribution in [3.05, 3.63) is 89.6 Å². The van der Waals surface area contributed by atoms with Gasteiger partial charge in [-0.25, -0.2) is 4.99 Å². The van der Waals surface area contributed by atoms with Crippen LogP contribution in [0.15, 0.2) is 83.5 Å². The third kappa shape index (κ3) is 3.41. The van der Waals surface area contributed by atoms with Gasteiger partial charge in [-0.2, -0.15) is 0 Å². The summed E-state index contributed by atoms with van der Waals surface area (Å²) in [5.74, 6) is 1.68. The number of hydrogen-bond donors (Lipinski definition) is 1. The lowest BCUT2D eigenvalue weighted by molar-refractivity contribution is 0.152. The number of hydrogen-bond acceptors (Lipinski definition) is 2. The Hall–Kier alpha value is -3.01. The van der Waals surface area contributed by atoms with Gasteiger partial charge in [0.1, 0.15) is 6.17 Å². The second-order valence-corrected chi connectivity index (χ2v) is 8.59. The zero-order valence-electron chi connectivity index (χ0n) is 17.6. The first-order chi connectivity index (χ1) is 14.7. The standard InChI is InChI=1S/C26H30N4/c1-19-22-13-6-5-10-20(22)18-23(19)24-14-7-8-16-29(24)25-15-9-17-30(25)26(27)28-21-11-3-2-4-12-21/h2-8,10-14,19,23,25H,9,15-18H2,1H3,(H2,27,28). The smallest absolute Gasteiger partial charge is 0.198 e. The Labute approximate surface area is 179 Å². The molecule has 0 amide bonds. The van der Waals surface area contributed by atoms with Gasteiger partial charge in [0.2, 0.25) is 0 Å². The molecule has 3 aliphatic rings. The first kappa shape index (κ1) is 19.0. The molecule has 2 heterocycles. The molecule has 2 aromatic rings. The zero-order valence-corrected chi connectivity index (χ0v) is 17.6. The molecule has 3 unspecified atom stereocenters. The summed E-state index contributed by atoms with van der Waals surface area (Å²) in [6.07, 6.45) is 10.5. The van der Waals surface area contributed by atoms with E-state index in [2.05, 4.69) is 59.2 Å². The Balaban J connectivity index is 1.41. The number of likely N-dealkylation sites (tertiary alicyclic amines) is 1. The molecule has 0 aromatic heterocycles. The Morgan fingerprint density at radius 2 is 1.87 bits per heavy atom. The Morgan fingerprint density at radius 1 is 1.07 bits per heavy atom. The van der Waals surface area contributed by atoms with Crippen molar-refractivity contribution >= 4 is 11.6 Å². The van der Waals surface area contributed by atoms with Crippen molar-refractivity contribution in [1.82, 2.24) is 9.80 Å². The summed E-state index contributed by atoms with van der Waals surface area (Å²) in [6.45, 7) is 4.28. The van der Waals surface area contributed by atoms with Crippen LogP contribution < -0.4 is 5.73 Å². The van der Waals surface area contributed by atoms with Crippen molar-refractivity contribution in [2.75, 3.05) is 13.1 Å². The summed E-state index contributed by atoms with van der Waals surface area (Å²) in [6, 6.07) is 19.0. The van der Waals surface area contributed by atoms with Crippen LogP contribution in [0.5, 0.6) is 0 Å². The van der Waals surface area contributed by atoms with Crippen molar-refractivity contribution in [1.29, 1.82) is 0 Å². The molecule has 0 spiro atoms. The van der Waals surface area contributed by atoms with Gasteiger partial charge in [0.15, 0.2) is 5.96 Å². The summed E-state index contributed by atoms with van der Waals surface area (Å²) < 4.78 is 0. The molecule has 2 aliphatic heterocycles. The number of para-hydroxylation sites is 1. The lowest BCUT2D eigenvalue weighted by Crippen LogP contribution is -2.51. The number of nitrogens with zero attached hydrogens (tertiary/aromatic N) is 3. The quantitative estimate of drug-likeness (QED) is 0.597. The third-order valence-electron chi connectivity index (χ3n) is 6.88. The molecule has 0 radical (unpaired) electrons. The summed E-state index contributed by atoms with van der Waals surface area (Å²) in [4.78, 5) is 9.59. The molecule has 5 rings (SSSR count). The maximum atomic E-state index is 6.51. The highest BCUT2D eigenvalue weighted by molar-refractivity contribution is 5.81. The van der Waals surface area contributed by atoms with Crippen LogP contribution in [-0.4, -0.2) is 35.0 Å². The van der Waals surface area contributed by atoms with E-state index >= 15 is 0 Å². The van der Waals surface area contributed by atoms with Gasteiger partial charge in [0.05, 0.1) is 5.69 Å². The van der Waals surface area contributed by atoms with E-state index in [-0.39, 0.29) is 6.17 Å². The fraction of sp³-hybridized carbons (Fsp3) is 0.346.